The van der Waals surface area contributed by atoms with Crippen LogP contribution >= 0.6 is 0 Å². The maximum atomic E-state index is 12.6. The molecule has 1 aliphatic rings. The molecule has 1 aliphatic heterocycles. The van der Waals surface area contributed by atoms with Crippen LogP contribution in [0.5, 0.6) is 0 Å². The minimum atomic E-state index is -0.479. The maximum Gasteiger partial charge on any atom is 0.339 e. The van der Waals surface area contributed by atoms with E-state index in [1.807, 2.05) is 18.2 Å². The van der Waals surface area contributed by atoms with E-state index in [0.717, 1.165) is 33.9 Å². The Balaban J connectivity index is 2.09. The summed E-state index contributed by atoms with van der Waals surface area (Å²) in [5, 5.41) is 2.07. The first-order chi connectivity index (χ1) is 12.2. The van der Waals surface area contributed by atoms with E-state index in [1.54, 1.807) is 19.9 Å². The second-order valence-electron chi connectivity index (χ2n) is 6.03. The van der Waals surface area contributed by atoms with Gasteiger partial charge in [0, 0.05) is 22.8 Å². The number of carbonyl (C=O) groups excluding carboxylic acids is 2. The third-order valence-corrected chi connectivity index (χ3v) is 4.72. The smallest absolute Gasteiger partial charge is 0.339 e. The lowest BCUT2D eigenvalue weighted by molar-refractivity contribution is 0.0478. The predicted molar refractivity (Wildman–Crippen MR) is 95.1 cm³/mol. The molecule has 0 aliphatic carbocycles. The van der Waals surface area contributed by atoms with E-state index in [1.165, 1.54) is 0 Å². The molecule has 0 unspecified atom stereocenters. The number of rotatable bonds is 4. The summed E-state index contributed by atoms with van der Waals surface area (Å²) >= 11 is 0. The summed E-state index contributed by atoms with van der Waals surface area (Å²) in [7, 11) is 0. The zero-order valence-electron chi connectivity index (χ0n) is 14.3. The molecule has 0 saturated heterocycles. The molecule has 0 amide bonds. The average Bonchev–Trinajstić information content (AvgIpc) is 3.18. The fraction of sp³-hybridized carbons (Fsp3) is 0.300. The van der Waals surface area contributed by atoms with Crippen molar-refractivity contribution in [2.45, 2.75) is 26.8 Å². The summed E-state index contributed by atoms with van der Waals surface area (Å²) in [4.78, 5) is 25.1. The number of hydrogen-bond donors (Lipinski definition) is 0. The lowest BCUT2D eigenvalue weighted by Crippen LogP contribution is -2.16. The predicted octanol–water partition coefficient (Wildman–Crippen LogP) is 3.70. The molecule has 4 rings (SSSR count). The van der Waals surface area contributed by atoms with Crippen molar-refractivity contribution < 1.29 is 19.1 Å². The van der Waals surface area contributed by atoms with Gasteiger partial charge in [-0.15, -0.1) is 0 Å². The van der Waals surface area contributed by atoms with Crippen molar-refractivity contribution in [3.63, 3.8) is 0 Å². The lowest BCUT2D eigenvalue weighted by Gasteiger charge is -2.12. The van der Waals surface area contributed by atoms with E-state index in [-0.39, 0.29) is 13.2 Å². The summed E-state index contributed by atoms with van der Waals surface area (Å²) in [6.07, 6.45) is 0.706. The van der Waals surface area contributed by atoms with Gasteiger partial charge in [-0.3, -0.25) is 0 Å². The Morgan fingerprint density at radius 1 is 1.04 bits per heavy atom. The SMILES string of the molecule is CCOC(=O)c1cc2c3ccccc3n3c2c(c1C(=O)OCC)CC3. The molecular weight excluding hydrogens is 318 g/mol. The zero-order valence-corrected chi connectivity index (χ0v) is 14.3. The molecule has 25 heavy (non-hydrogen) atoms. The number of nitrogens with zero attached hydrogens (tertiary/aromatic N) is 1. The molecule has 0 saturated carbocycles. The molecule has 2 heterocycles. The summed E-state index contributed by atoms with van der Waals surface area (Å²) in [5.41, 5.74) is 3.68. The van der Waals surface area contributed by atoms with Gasteiger partial charge in [0.15, 0.2) is 0 Å². The van der Waals surface area contributed by atoms with Crippen molar-refractivity contribution >= 4 is 33.7 Å². The van der Waals surface area contributed by atoms with Crippen LogP contribution in [0.25, 0.3) is 21.8 Å². The third-order valence-electron chi connectivity index (χ3n) is 4.72. The van der Waals surface area contributed by atoms with Crippen LogP contribution in [-0.2, 0) is 22.4 Å². The first-order valence-electron chi connectivity index (χ1n) is 8.58. The van der Waals surface area contributed by atoms with E-state index in [9.17, 15) is 9.59 Å². The quantitative estimate of drug-likeness (QED) is 0.681. The van der Waals surface area contributed by atoms with Gasteiger partial charge in [-0.05, 0) is 38.0 Å². The fourth-order valence-electron chi connectivity index (χ4n) is 3.80. The van der Waals surface area contributed by atoms with Gasteiger partial charge < -0.3 is 14.0 Å². The molecule has 0 N–H and O–H groups in total. The Bertz CT molecular complexity index is 1020. The number of fused-ring (bicyclic) bond motifs is 3. The van der Waals surface area contributed by atoms with Gasteiger partial charge in [-0.1, -0.05) is 18.2 Å². The van der Waals surface area contributed by atoms with E-state index in [4.69, 9.17) is 9.47 Å². The third kappa shape index (κ3) is 2.22. The van der Waals surface area contributed by atoms with Crippen LogP contribution in [0.3, 0.4) is 0 Å². The number of esters is 2. The molecule has 1 aromatic heterocycles. The summed E-state index contributed by atoms with van der Waals surface area (Å²) < 4.78 is 12.6. The molecule has 0 fully saturated rings. The molecule has 5 heteroatoms. The van der Waals surface area contributed by atoms with E-state index >= 15 is 0 Å². The van der Waals surface area contributed by atoms with Crippen molar-refractivity contribution in [3.05, 3.63) is 47.0 Å². The zero-order chi connectivity index (χ0) is 17.6. The number of aryl methyl sites for hydroxylation is 2. The highest BCUT2D eigenvalue weighted by Crippen LogP contribution is 2.39. The highest BCUT2D eigenvalue weighted by atomic mass is 16.5. The second kappa shape index (κ2) is 5.92. The Hall–Kier alpha value is -2.82. The van der Waals surface area contributed by atoms with Gasteiger partial charge in [0.1, 0.15) is 0 Å². The standard InChI is InChI=1S/C20H19NO4/c1-3-24-19(22)15-11-14-12-7-5-6-8-16(12)21-10-9-13(18(14)21)17(15)20(23)25-4-2/h5-8,11H,3-4,9-10H2,1-2H3. The molecule has 0 atom stereocenters. The normalized spacial score (nSPS) is 12.7. The largest absolute Gasteiger partial charge is 0.462 e. The highest BCUT2D eigenvalue weighted by Gasteiger charge is 2.30. The number of carbonyl (C=O) groups is 2. The van der Waals surface area contributed by atoms with E-state index in [2.05, 4.69) is 10.6 Å². The first-order valence-corrected chi connectivity index (χ1v) is 8.58. The monoisotopic (exact) mass is 337 g/mol. The van der Waals surface area contributed by atoms with Gasteiger partial charge in [0.25, 0.3) is 0 Å². The fourth-order valence-corrected chi connectivity index (χ4v) is 3.80. The highest BCUT2D eigenvalue weighted by molar-refractivity contribution is 6.16. The molecule has 3 aromatic rings. The number of aromatic nitrogens is 1. The summed E-state index contributed by atoms with van der Waals surface area (Å²) in [5.74, 6) is -0.936. The molecule has 128 valence electrons. The van der Waals surface area contributed by atoms with Gasteiger partial charge >= 0.3 is 11.9 Å². The van der Waals surface area contributed by atoms with Crippen LogP contribution in [0.1, 0.15) is 40.1 Å². The summed E-state index contributed by atoms with van der Waals surface area (Å²) in [6, 6.07) is 9.88. The molecule has 0 spiro atoms. The van der Waals surface area contributed by atoms with Crippen molar-refractivity contribution in [1.82, 2.24) is 4.57 Å². The maximum absolute atomic E-state index is 12.6. The second-order valence-corrected chi connectivity index (χ2v) is 6.03. The Labute approximate surface area is 145 Å². The van der Waals surface area contributed by atoms with Crippen LogP contribution < -0.4 is 0 Å². The van der Waals surface area contributed by atoms with E-state index < -0.39 is 11.9 Å². The van der Waals surface area contributed by atoms with Crippen molar-refractivity contribution in [3.8, 4) is 0 Å². The first kappa shape index (κ1) is 15.7. The van der Waals surface area contributed by atoms with Crippen molar-refractivity contribution in [2.24, 2.45) is 0 Å². The molecule has 0 bridgehead atoms. The van der Waals surface area contributed by atoms with Gasteiger partial charge in [0.2, 0.25) is 0 Å². The van der Waals surface area contributed by atoms with Crippen LogP contribution in [-0.4, -0.2) is 29.7 Å². The topological polar surface area (TPSA) is 57.5 Å². The van der Waals surface area contributed by atoms with Gasteiger partial charge in [0.05, 0.1) is 29.9 Å². The lowest BCUT2D eigenvalue weighted by atomic mass is 9.96. The number of hydrogen-bond acceptors (Lipinski definition) is 4. The van der Waals surface area contributed by atoms with Crippen LogP contribution in [0.4, 0.5) is 0 Å². The average molecular weight is 337 g/mol. The van der Waals surface area contributed by atoms with Crippen molar-refractivity contribution in [1.29, 1.82) is 0 Å². The van der Waals surface area contributed by atoms with E-state index in [0.29, 0.717) is 17.5 Å². The Kier molecular flexibility index (Phi) is 3.71. The molecular formula is C20H19NO4. The molecule has 0 radical (unpaired) electrons. The summed E-state index contributed by atoms with van der Waals surface area (Å²) in [6.45, 7) is 4.83. The minimum Gasteiger partial charge on any atom is -0.462 e. The minimum absolute atomic E-state index is 0.260. The Morgan fingerprint density at radius 3 is 2.52 bits per heavy atom. The van der Waals surface area contributed by atoms with Crippen LogP contribution in [0, 0.1) is 0 Å². The van der Waals surface area contributed by atoms with Gasteiger partial charge in [-0.2, -0.15) is 0 Å². The van der Waals surface area contributed by atoms with Crippen molar-refractivity contribution in [2.75, 3.05) is 13.2 Å². The van der Waals surface area contributed by atoms with Crippen LogP contribution in [0.2, 0.25) is 0 Å². The van der Waals surface area contributed by atoms with Gasteiger partial charge in [-0.25, -0.2) is 9.59 Å². The van der Waals surface area contributed by atoms with Crippen LogP contribution in [0.15, 0.2) is 30.3 Å². The Morgan fingerprint density at radius 2 is 1.76 bits per heavy atom. The molecule has 5 nitrogen and oxygen atoms in total. The number of benzene rings is 2. The number of para-hydroxylation sites is 1. The molecule has 2 aromatic carbocycles. The number of ether oxygens (including phenoxy) is 2.